The number of allylic oxidation sites excluding steroid dienone is 2. The molecule has 0 unspecified atom stereocenters. The Morgan fingerprint density at radius 1 is 0.909 bits per heavy atom. The Balaban J connectivity index is 1.66. The van der Waals surface area contributed by atoms with Crippen LogP contribution in [0, 0.1) is 45.3 Å². The summed E-state index contributed by atoms with van der Waals surface area (Å²) in [6.07, 6.45) is 10.6. The van der Waals surface area contributed by atoms with Crippen LogP contribution in [0.4, 0.5) is 0 Å². The largest absolute Gasteiger partial charge is 0.393 e. The van der Waals surface area contributed by atoms with Crippen molar-refractivity contribution in [2.75, 3.05) is 0 Å². The summed E-state index contributed by atoms with van der Waals surface area (Å²) in [6.45, 7) is 18.3. The van der Waals surface area contributed by atoms with Crippen LogP contribution in [0.5, 0.6) is 0 Å². The van der Waals surface area contributed by atoms with Gasteiger partial charge in [-0.15, -0.1) is 0 Å². The lowest BCUT2D eigenvalue weighted by atomic mass is 9.35. The number of hydrogen-bond donors (Lipinski definition) is 3. The zero-order valence-electron chi connectivity index (χ0n) is 22.7. The van der Waals surface area contributed by atoms with Gasteiger partial charge in [0.05, 0.1) is 17.8 Å². The molecule has 4 saturated carbocycles. The first-order chi connectivity index (χ1) is 15.1. The summed E-state index contributed by atoms with van der Waals surface area (Å²) in [7, 11) is 0. The first kappa shape index (κ1) is 25.7. The predicted octanol–water partition coefficient (Wildman–Crippen LogP) is 6.50. The van der Waals surface area contributed by atoms with Gasteiger partial charge in [-0.05, 0) is 124 Å². The van der Waals surface area contributed by atoms with Gasteiger partial charge >= 0.3 is 0 Å². The van der Waals surface area contributed by atoms with E-state index >= 15 is 0 Å². The van der Waals surface area contributed by atoms with Gasteiger partial charge in [-0.25, -0.2) is 0 Å². The molecule has 4 rings (SSSR count). The topological polar surface area (TPSA) is 60.7 Å². The van der Waals surface area contributed by atoms with E-state index < -0.39 is 5.60 Å². The molecule has 4 fully saturated rings. The molecule has 0 spiro atoms. The van der Waals surface area contributed by atoms with Crippen molar-refractivity contribution in [2.24, 2.45) is 45.3 Å². The molecule has 0 aromatic heterocycles. The van der Waals surface area contributed by atoms with Crippen LogP contribution in [-0.4, -0.2) is 33.1 Å². The molecule has 4 aliphatic carbocycles. The van der Waals surface area contributed by atoms with Crippen LogP contribution in [0.2, 0.25) is 0 Å². The molecule has 3 heteroatoms. The molecule has 0 bridgehead atoms. The molecule has 0 aromatic rings. The molecule has 3 N–H and O–H groups in total. The summed E-state index contributed by atoms with van der Waals surface area (Å²) in [5.74, 6) is 1.31. The first-order valence-corrected chi connectivity index (χ1v) is 13.8. The van der Waals surface area contributed by atoms with Crippen LogP contribution in [-0.2, 0) is 0 Å². The Morgan fingerprint density at radius 2 is 1.55 bits per heavy atom. The summed E-state index contributed by atoms with van der Waals surface area (Å²) in [4.78, 5) is 0. The Morgan fingerprint density at radius 3 is 2.18 bits per heavy atom. The zero-order valence-corrected chi connectivity index (χ0v) is 22.7. The fraction of sp³-hybridized carbons (Fsp3) is 0.933. The van der Waals surface area contributed by atoms with Gasteiger partial charge < -0.3 is 15.3 Å². The van der Waals surface area contributed by atoms with Crippen LogP contribution in [0.3, 0.4) is 0 Å². The monoisotopic (exact) mass is 460 g/mol. The highest BCUT2D eigenvalue weighted by atomic mass is 16.3. The molecular weight excluding hydrogens is 408 g/mol. The standard InChI is InChI=1S/C30H52O3/c1-19(2)10-9-14-30(8,33)20-11-16-29(7)25(20)21(31)18-23-27(5)15-13-24(32)26(3,4)22(27)12-17-28(23,29)6/h10,20-25,31-33H,9,11-18H2,1-8H3/t20-,21-,22+,23-,24+,25+,27-,28-,29-,30+/m1/s1. The van der Waals surface area contributed by atoms with Crippen molar-refractivity contribution in [3.63, 3.8) is 0 Å². The smallest absolute Gasteiger partial charge is 0.0654 e. The van der Waals surface area contributed by atoms with E-state index in [1.54, 1.807) is 0 Å². The average molecular weight is 461 g/mol. The van der Waals surface area contributed by atoms with E-state index in [-0.39, 0.29) is 45.7 Å². The van der Waals surface area contributed by atoms with Crippen molar-refractivity contribution < 1.29 is 15.3 Å². The highest BCUT2D eigenvalue weighted by Crippen LogP contribution is 2.75. The van der Waals surface area contributed by atoms with Crippen LogP contribution >= 0.6 is 0 Å². The summed E-state index contributed by atoms with van der Waals surface area (Å²) in [6, 6.07) is 0. The van der Waals surface area contributed by atoms with Gasteiger partial charge in [0, 0.05) is 0 Å². The average Bonchev–Trinajstić information content (AvgIpc) is 3.08. The SMILES string of the molecule is CC(C)=CCC[C@](C)(O)[C@@H]1CC[C@]2(C)[C@@H]1[C@H](O)C[C@@H]1[C@]3(C)CC[C@H](O)C(C)(C)[C@@H]3CC[C@]12C. The Kier molecular flexibility index (Phi) is 6.28. The maximum atomic E-state index is 11.8. The minimum absolute atomic E-state index is 0.0503. The first-order valence-electron chi connectivity index (χ1n) is 13.8. The number of fused-ring (bicyclic) bond motifs is 5. The van der Waals surface area contributed by atoms with Gasteiger partial charge in [-0.1, -0.05) is 46.3 Å². The van der Waals surface area contributed by atoms with Crippen molar-refractivity contribution in [1.29, 1.82) is 0 Å². The van der Waals surface area contributed by atoms with Gasteiger partial charge in [0.15, 0.2) is 0 Å². The second-order valence-electron chi connectivity index (χ2n) is 14.5. The van der Waals surface area contributed by atoms with E-state index in [0.29, 0.717) is 11.8 Å². The molecule has 0 amide bonds. The van der Waals surface area contributed by atoms with Crippen LogP contribution in [0.1, 0.15) is 113 Å². The minimum atomic E-state index is -0.739. The van der Waals surface area contributed by atoms with E-state index in [1.165, 1.54) is 18.4 Å². The Labute approximate surface area is 203 Å². The normalized spacial score (nSPS) is 50.5. The molecule has 0 heterocycles. The lowest BCUT2D eigenvalue weighted by Crippen LogP contribution is -2.66. The van der Waals surface area contributed by atoms with E-state index in [9.17, 15) is 15.3 Å². The summed E-state index contributed by atoms with van der Waals surface area (Å²) < 4.78 is 0. The fourth-order valence-corrected chi connectivity index (χ4v) is 10.3. The van der Waals surface area contributed by atoms with E-state index in [2.05, 4.69) is 54.5 Å². The summed E-state index contributed by atoms with van der Waals surface area (Å²) in [5.41, 5.74) is 0.885. The second kappa shape index (κ2) is 8.07. The Bertz CT molecular complexity index is 779. The molecule has 190 valence electrons. The number of rotatable bonds is 4. The third-order valence-corrected chi connectivity index (χ3v) is 12.4. The van der Waals surface area contributed by atoms with Crippen LogP contribution in [0.25, 0.3) is 0 Å². The fourth-order valence-electron chi connectivity index (χ4n) is 10.3. The highest BCUT2D eigenvalue weighted by molar-refractivity contribution is 5.20. The summed E-state index contributed by atoms with van der Waals surface area (Å²) >= 11 is 0. The van der Waals surface area contributed by atoms with Gasteiger partial charge in [0.2, 0.25) is 0 Å². The Hall–Kier alpha value is -0.380. The van der Waals surface area contributed by atoms with Crippen molar-refractivity contribution in [2.45, 2.75) is 131 Å². The van der Waals surface area contributed by atoms with Gasteiger partial charge in [0.1, 0.15) is 0 Å². The number of hydrogen-bond acceptors (Lipinski definition) is 3. The van der Waals surface area contributed by atoms with Gasteiger partial charge in [-0.2, -0.15) is 0 Å². The van der Waals surface area contributed by atoms with Crippen molar-refractivity contribution in [3.8, 4) is 0 Å². The maximum absolute atomic E-state index is 11.8. The molecule has 0 aliphatic heterocycles. The zero-order chi connectivity index (χ0) is 24.6. The predicted molar refractivity (Wildman–Crippen MR) is 136 cm³/mol. The van der Waals surface area contributed by atoms with Crippen molar-refractivity contribution in [3.05, 3.63) is 11.6 Å². The molecule has 0 radical (unpaired) electrons. The van der Waals surface area contributed by atoms with E-state index in [0.717, 1.165) is 44.9 Å². The third kappa shape index (κ3) is 3.61. The van der Waals surface area contributed by atoms with Gasteiger partial charge in [0.25, 0.3) is 0 Å². The molecule has 33 heavy (non-hydrogen) atoms. The molecule has 0 aromatic carbocycles. The van der Waals surface area contributed by atoms with E-state index in [1.807, 2.05) is 6.92 Å². The number of aliphatic hydroxyl groups is 3. The van der Waals surface area contributed by atoms with Gasteiger partial charge in [-0.3, -0.25) is 0 Å². The molecule has 3 nitrogen and oxygen atoms in total. The minimum Gasteiger partial charge on any atom is -0.393 e. The molecule has 0 saturated heterocycles. The van der Waals surface area contributed by atoms with Crippen molar-refractivity contribution in [1.82, 2.24) is 0 Å². The lowest BCUT2D eigenvalue weighted by Gasteiger charge is -2.70. The number of aliphatic hydroxyl groups excluding tert-OH is 2. The molecule has 4 aliphatic rings. The highest BCUT2D eigenvalue weighted by Gasteiger charge is 2.71. The quantitative estimate of drug-likeness (QED) is 0.420. The van der Waals surface area contributed by atoms with Crippen LogP contribution in [0.15, 0.2) is 11.6 Å². The molecule has 10 atom stereocenters. The summed E-state index contributed by atoms with van der Waals surface area (Å²) in [5, 5.41) is 34.3. The van der Waals surface area contributed by atoms with Crippen LogP contribution < -0.4 is 0 Å². The van der Waals surface area contributed by atoms with E-state index in [4.69, 9.17) is 0 Å². The molecular formula is C30H52O3. The van der Waals surface area contributed by atoms with Crippen molar-refractivity contribution >= 4 is 0 Å². The lowest BCUT2D eigenvalue weighted by molar-refractivity contribution is -0.246. The second-order valence-corrected chi connectivity index (χ2v) is 14.5. The third-order valence-electron chi connectivity index (χ3n) is 12.4. The maximum Gasteiger partial charge on any atom is 0.0654 e.